The molecular formula is C36H62Br2O2. The third kappa shape index (κ3) is 6.73. The van der Waals surface area contributed by atoms with Crippen molar-refractivity contribution in [3.63, 3.8) is 0 Å². The molecule has 0 saturated heterocycles. The molecule has 0 N–H and O–H groups in total. The molecule has 0 aromatic heterocycles. The smallest absolute Gasteiger partial charge is 0.306 e. The Morgan fingerprint density at radius 2 is 1.62 bits per heavy atom. The third-order valence-electron chi connectivity index (χ3n) is 12.9. The number of carbonyl (C=O) groups excluding carboxylic acids is 1. The second kappa shape index (κ2) is 14.0. The molecule has 4 rings (SSSR count). The predicted molar refractivity (Wildman–Crippen MR) is 177 cm³/mol. The highest BCUT2D eigenvalue weighted by Crippen LogP contribution is 2.71. The van der Waals surface area contributed by atoms with E-state index in [9.17, 15) is 4.79 Å². The lowest BCUT2D eigenvalue weighted by atomic mass is 9.44. The van der Waals surface area contributed by atoms with Crippen LogP contribution in [0.15, 0.2) is 0 Å². The summed E-state index contributed by atoms with van der Waals surface area (Å²) >= 11 is 8.67. The van der Waals surface area contributed by atoms with Crippen molar-refractivity contribution < 1.29 is 9.53 Å². The lowest BCUT2D eigenvalue weighted by Crippen LogP contribution is -2.64. The van der Waals surface area contributed by atoms with Crippen LogP contribution in [0, 0.1) is 46.3 Å². The van der Waals surface area contributed by atoms with Gasteiger partial charge in [0.05, 0.1) is 0 Å². The number of alkyl halides is 2. The van der Waals surface area contributed by atoms with Gasteiger partial charge in [0.2, 0.25) is 0 Å². The fourth-order valence-electron chi connectivity index (χ4n) is 10.6. The molecule has 0 heterocycles. The van der Waals surface area contributed by atoms with Gasteiger partial charge >= 0.3 is 5.97 Å². The van der Waals surface area contributed by atoms with Gasteiger partial charge in [0.25, 0.3) is 0 Å². The summed E-state index contributed by atoms with van der Waals surface area (Å²) in [5.41, 5.74) is 0.783. The first kappa shape index (κ1) is 33.3. The van der Waals surface area contributed by atoms with Crippen molar-refractivity contribution in [2.24, 2.45) is 46.3 Å². The van der Waals surface area contributed by atoms with Crippen LogP contribution in [0.25, 0.3) is 0 Å². The summed E-state index contributed by atoms with van der Waals surface area (Å²) in [6, 6.07) is 0. The Bertz CT molecular complexity index is 830. The van der Waals surface area contributed by atoms with E-state index >= 15 is 0 Å². The van der Waals surface area contributed by atoms with Crippen molar-refractivity contribution in [1.82, 2.24) is 0 Å². The molecule has 0 spiro atoms. The number of esters is 1. The monoisotopic (exact) mass is 684 g/mol. The first-order chi connectivity index (χ1) is 19.0. The second-order valence-electron chi connectivity index (χ2n) is 15.8. The first-order valence-corrected chi connectivity index (χ1v) is 19.2. The topological polar surface area (TPSA) is 26.3 Å². The fraction of sp³-hybridized carbons (Fsp3) is 0.972. The quantitative estimate of drug-likeness (QED) is 0.110. The average molecular weight is 687 g/mol. The van der Waals surface area contributed by atoms with Gasteiger partial charge in [-0.15, -0.1) is 0 Å². The molecule has 0 aliphatic heterocycles. The van der Waals surface area contributed by atoms with Crippen LogP contribution in [0.3, 0.4) is 0 Å². The van der Waals surface area contributed by atoms with Crippen LogP contribution in [0.5, 0.6) is 0 Å². The van der Waals surface area contributed by atoms with Gasteiger partial charge < -0.3 is 4.74 Å². The largest absolute Gasteiger partial charge is 0.462 e. The Labute approximate surface area is 264 Å². The van der Waals surface area contributed by atoms with Gasteiger partial charge in [-0.3, -0.25) is 4.79 Å². The Hall–Kier alpha value is 0.430. The molecule has 10 unspecified atom stereocenters. The minimum absolute atomic E-state index is 0.0143. The fourth-order valence-corrected chi connectivity index (χ4v) is 12.7. The van der Waals surface area contributed by atoms with Crippen molar-refractivity contribution in [1.29, 1.82) is 0 Å². The predicted octanol–water partition coefficient (Wildman–Crippen LogP) is 11.7. The number of unbranched alkanes of at least 4 members (excludes halogenated alkanes) is 5. The van der Waals surface area contributed by atoms with Gasteiger partial charge in [0.15, 0.2) is 0 Å². The van der Waals surface area contributed by atoms with Crippen molar-refractivity contribution in [2.75, 3.05) is 0 Å². The summed E-state index contributed by atoms with van der Waals surface area (Å²) in [5.74, 6) is 5.13. The number of fused-ring (bicyclic) bond motifs is 5. The van der Waals surface area contributed by atoms with Gasteiger partial charge in [0.1, 0.15) is 6.10 Å². The number of hydrogen-bond donors (Lipinski definition) is 0. The van der Waals surface area contributed by atoms with Crippen molar-refractivity contribution >= 4 is 37.8 Å². The summed E-state index contributed by atoms with van der Waals surface area (Å²) in [4.78, 5) is 13.2. The average Bonchev–Trinajstić information content (AvgIpc) is 3.25. The van der Waals surface area contributed by atoms with E-state index in [1.54, 1.807) is 0 Å². The van der Waals surface area contributed by atoms with Crippen LogP contribution in [0.4, 0.5) is 0 Å². The lowest BCUT2D eigenvalue weighted by molar-refractivity contribution is -0.158. The van der Waals surface area contributed by atoms with Gasteiger partial charge in [-0.1, -0.05) is 125 Å². The third-order valence-corrected chi connectivity index (χ3v) is 16.5. The van der Waals surface area contributed by atoms with E-state index in [0.29, 0.717) is 16.7 Å². The van der Waals surface area contributed by atoms with Crippen LogP contribution in [0.1, 0.15) is 157 Å². The maximum atomic E-state index is 12.7. The molecule has 4 saturated carbocycles. The maximum absolute atomic E-state index is 12.7. The van der Waals surface area contributed by atoms with Gasteiger partial charge in [-0.2, -0.15) is 0 Å². The van der Waals surface area contributed by atoms with E-state index in [0.717, 1.165) is 61.2 Å². The molecule has 0 aromatic carbocycles. The molecule has 0 amide bonds. The number of carbonyl (C=O) groups is 1. The van der Waals surface area contributed by atoms with E-state index in [-0.39, 0.29) is 21.8 Å². The molecule has 10 atom stereocenters. The molecule has 0 aromatic rings. The number of hydrogen-bond acceptors (Lipinski definition) is 2. The van der Waals surface area contributed by atoms with Gasteiger partial charge in [0, 0.05) is 22.0 Å². The minimum Gasteiger partial charge on any atom is -0.462 e. The first-order valence-electron chi connectivity index (χ1n) is 17.5. The van der Waals surface area contributed by atoms with E-state index in [1.165, 1.54) is 83.5 Å². The summed E-state index contributed by atoms with van der Waals surface area (Å²) in [6.45, 7) is 14.9. The van der Waals surface area contributed by atoms with Crippen molar-refractivity contribution in [3.8, 4) is 0 Å². The lowest BCUT2D eigenvalue weighted by Gasteiger charge is -2.66. The van der Waals surface area contributed by atoms with Gasteiger partial charge in [-0.25, -0.2) is 0 Å². The molecule has 4 heteroatoms. The number of halogens is 2. The molecule has 4 aliphatic carbocycles. The molecule has 4 aliphatic rings. The SMILES string of the molecule is CCCCCCCCC(=O)OC1CCC2(C)C3CCC4(C)C(C(C)CCCC(C)C)CCC4C3CC(Br)C2(Br)C1. The van der Waals surface area contributed by atoms with E-state index in [2.05, 4.69) is 73.4 Å². The second-order valence-corrected chi connectivity index (χ2v) is 18.3. The van der Waals surface area contributed by atoms with Crippen LogP contribution < -0.4 is 0 Å². The summed E-state index contributed by atoms with van der Waals surface area (Å²) in [5, 5.41) is 0. The number of rotatable bonds is 13. The molecule has 0 bridgehead atoms. The van der Waals surface area contributed by atoms with Crippen LogP contribution in [-0.4, -0.2) is 21.2 Å². The van der Waals surface area contributed by atoms with Crippen LogP contribution >= 0.6 is 31.9 Å². The minimum atomic E-state index is 0.0143. The molecule has 2 nitrogen and oxygen atoms in total. The van der Waals surface area contributed by atoms with Crippen LogP contribution in [0.2, 0.25) is 0 Å². The van der Waals surface area contributed by atoms with Crippen LogP contribution in [-0.2, 0) is 9.53 Å². The Morgan fingerprint density at radius 3 is 2.35 bits per heavy atom. The highest BCUT2D eigenvalue weighted by molar-refractivity contribution is 9.12. The maximum Gasteiger partial charge on any atom is 0.306 e. The Balaban J connectivity index is 1.36. The summed E-state index contributed by atoms with van der Waals surface area (Å²) in [6.07, 6.45) is 22.3. The van der Waals surface area contributed by atoms with Gasteiger partial charge in [-0.05, 0) is 97.7 Å². The normalized spacial score (nSPS) is 41.7. The zero-order chi connectivity index (χ0) is 29.1. The standard InChI is InChI=1S/C36H62Br2O2/c1-7-8-9-10-11-12-16-33(39)40-27-19-22-35(6)31-20-21-34(5)29(26(4)15-13-14-25(2)3)17-18-30(34)28(31)23-32(37)36(35,38)24-27/h25-32H,7-24H2,1-6H3. The zero-order valence-corrected chi connectivity index (χ0v) is 30.1. The van der Waals surface area contributed by atoms with E-state index < -0.39 is 0 Å². The Morgan fingerprint density at radius 1 is 0.900 bits per heavy atom. The Kier molecular flexibility index (Phi) is 11.7. The molecule has 232 valence electrons. The molecule has 4 fully saturated rings. The zero-order valence-electron chi connectivity index (χ0n) is 26.9. The molecular weight excluding hydrogens is 624 g/mol. The van der Waals surface area contributed by atoms with Crippen molar-refractivity contribution in [3.05, 3.63) is 0 Å². The molecule has 40 heavy (non-hydrogen) atoms. The highest BCUT2D eigenvalue weighted by Gasteiger charge is 2.67. The van der Waals surface area contributed by atoms with E-state index in [4.69, 9.17) is 4.74 Å². The highest BCUT2D eigenvalue weighted by atomic mass is 79.9. The van der Waals surface area contributed by atoms with Crippen molar-refractivity contribution in [2.45, 2.75) is 172 Å². The van der Waals surface area contributed by atoms with E-state index in [1.807, 2.05) is 0 Å². The molecule has 0 radical (unpaired) electrons. The summed E-state index contributed by atoms with van der Waals surface area (Å²) < 4.78 is 6.16. The number of ether oxygens (including phenoxy) is 1. The summed E-state index contributed by atoms with van der Waals surface area (Å²) in [7, 11) is 0.